The van der Waals surface area contributed by atoms with E-state index < -0.39 is 0 Å². The van der Waals surface area contributed by atoms with Crippen LogP contribution in [0.2, 0.25) is 4.34 Å². The van der Waals surface area contributed by atoms with E-state index in [1.165, 1.54) is 30.7 Å². The molecule has 0 radical (unpaired) electrons. The Morgan fingerprint density at radius 1 is 1.50 bits per heavy atom. The highest BCUT2D eigenvalue weighted by Gasteiger charge is 2.25. The van der Waals surface area contributed by atoms with Crippen molar-refractivity contribution in [2.24, 2.45) is 0 Å². The normalized spacial score (nSPS) is 25.5. The quantitative estimate of drug-likeness (QED) is 0.887. The molecule has 2 heterocycles. The highest BCUT2D eigenvalue weighted by molar-refractivity contribution is 7.16. The molecule has 1 N–H and O–H groups in total. The number of hydrogen-bond donors (Lipinski definition) is 1. The van der Waals surface area contributed by atoms with Crippen LogP contribution in [0.1, 0.15) is 38.0 Å². The number of rotatable bonds is 5. The highest BCUT2D eigenvalue weighted by Crippen LogP contribution is 2.26. The predicted molar refractivity (Wildman–Crippen MR) is 80.5 cm³/mol. The monoisotopic (exact) mass is 286 g/mol. The molecule has 1 saturated heterocycles. The van der Waals surface area contributed by atoms with Crippen molar-refractivity contribution in [1.29, 1.82) is 0 Å². The van der Waals surface area contributed by atoms with Crippen LogP contribution in [-0.4, -0.2) is 30.1 Å². The van der Waals surface area contributed by atoms with Gasteiger partial charge in [-0.1, -0.05) is 18.5 Å². The maximum Gasteiger partial charge on any atom is 0.0931 e. The van der Waals surface area contributed by atoms with Crippen LogP contribution in [0.15, 0.2) is 12.1 Å². The molecule has 1 aliphatic rings. The van der Waals surface area contributed by atoms with E-state index in [1.54, 1.807) is 11.3 Å². The van der Waals surface area contributed by atoms with Gasteiger partial charge in [0, 0.05) is 30.1 Å². The Kier molecular flexibility index (Phi) is 5.49. The molecule has 1 aliphatic heterocycles. The second-order valence-electron chi connectivity index (χ2n) is 5.20. The SMILES string of the molecule is CCCNC1CCN(Cc2ccc(Cl)s2)C(C)C1. The molecule has 0 amide bonds. The van der Waals surface area contributed by atoms with Gasteiger partial charge < -0.3 is 5.32 Å². The Morgan fingerprint density at radius 3 is 2.94 bits per heavy atom. The van der Waals surface area contributed by atoms with Crippen LogP contribution in [-0.2, 0) is 6.54 Å². The van der Waals surface area contributed by atoms with E-state index >= 15 is 0 Å². The second kappa shape index (κ2) is 6.90. The first-order chi connectivity index (χ1) is 8.69. The fourth-order valence-corrected chi connectivity index (χ4v) is 3.74. The average molecular weight is 287 g/mol. The molecule has 2 rings (SSSR count). The largest absolute Gasteiger partial charge is 0.314 e. The van der Waals surface area contributed by atoms with Crippen molar-refractivity contribution >= 4 is 22.9 Å². The summed E-state index contributed by atoms with van der Waals surface area (Å²) in [6.07, 6.45) is 3.75. The van der Waals surface area contributed by atoms with Crippen molar-refractivity contribution in [2.45, 2.75) is 51.7 Å². The molecule has 2 nitrogen and oxygen atoms in total. The summed E-state index contributed by atoms with van der Waals surface area (Å²) in [4.78, 5) is 3.96. The van der Waals surface area contributed by atoms with Crippen LogP contribution in [0.25, 0.3) is 0 Å². The fraction of sp³-hybridized carbons (Fsp3) is 0.714. The lowest BCUT2D eigenvalue weighted by Crippen LogP contribution is -2.47. The Hall–Kier alpha value is -0.0900. The number of piperidine rings is 1. The molecule has 0 saturated carbocycles. The summed E-state index contributed by atoms with van der Waals surface area (Å²) in [5.74, 6) is 0. The fourth-order valence-electron chi connectivity index (χ4n) is 2.63. The topological polar surface area (TPSA) is 15.3 Å². The minimum absolute atomic E-state index is 0.661. The third-order valence-electron chi connectivity index (χ3n) is 3.68. The Balaban J connectivity index is 1.82. The smallest absolute Gasteiger partial charge is 0.0931 e. The minimum atomic E-state index is 0.661. The molecule has 0 spiro atoms. The van der Waals surface area contributed by atoms with Gasteiger partial charge >= 0.3 is 0 Å². The summed E-state index contributed by atoms with van der Waals surface area (Å²) in [5.41, 5.74) is 0. The highest BCUT2D eigenvalue weighted by atomic mass is 35.5. The maximum absolute atomic E-state index is 5.98. The van der Waals surface area contributed by atoms with Crippen molar-refractivity contribution < 1.29 is 0 Å². The number of thiophene rings is 1. The number of nitrogens with one attached hydrogen (secondary N) is 1. The maximum atomic E-state index is 5.98. The summed E-state index contributed by atoms with van der Waals surface area (Å²) in [6.45, 7) is 7.97. The zero-order valence-corrected chi connectivity index (χ0v) is 12.9. The van der Waals surface area contributed by atoms with Crippen molar-refractivity contribution in [3.8, 4) is 0 Å². The van der Waals surface area contributed by atoms with E-state index in [1.807, 2.05) is 6.07 Å². The second-order valence-corrected chi connectivity index (χ2v) is 7.00. The molecule has 0 bridgehead atoms. The Bertz CT molecular complexity index is 366. The van der Waals surface area contributed by atoms with Gasteiger partial charge in [0.25, 0.3) is 0 Å². The van der Waals surface area contributed by atoms with E-state index in [2.05, 4.69) is 30.1 Å². The number of nitrogens with zero attached hydrogens (tertiary/aromatic N) is 1. The van der Waals surface area contributed by atoms with Crippen LogP contribution >= 0.6 is 22.9 Å². The van der Waals surface area contributed by atoms with E-state index in [4.69, 9.17) is 11.6 Å². The lowest BCUT2D eigenvalue weighted by atomic mass is 9.98. The van der Waals surface area contributed by atoms with E-state index in [9.17, 15) is 0 Å². The lowest BCUT2D eigenvalue weighted by molar-refractivity contribution is 0.130. The number of hydrogen-bond acceptors (Lipinski definition) is 3. The van der Waals surface area contributed by atoms with Crippen LogP contribution in [0, 0.1) is 0 Å². The van der Waals surface area contributed by atoms with Crippen molar-refractivity contribution in [2.75, 3.05) is 13.1 Å². The van der Waals surface area contributed by atoms with Gasteiger partial charge in [0.2, 0.25) is 0 Å². The molecule has 2 unspecified atom stereocenters. The van der Waals surface area contributed by atoms with Gasteiger partial charge in [-0.15, -0.1) is 11.3 Å². The first-order valence-corrected chi connectivity index (χ1v) is 8.10. The molecule has 0 aliphatic carbocycles. The summed E-state index contributed by atoms with van der Waals surface area (Å²) < 4.78 is 0.900. The molecular weight excluding hydrogens is 264 g/mol. The standard InChI is InChI=1S/C14H23ClN2S/c1-3-7-16-12-6-8-17(11(2)9-12)10-13-4-5-14(15)18-13/h4-5,11-12,16H,3,6-10H2,1-2H3. The van der Waals surface area contributed by atoms with Crippen molar-refractivity contribution in [1.82, 2.24) is 10.2 Å². The molecule has 102 valence electrons. The zero-order valence-electron chi connectivity index (χ0n) is 11.3. The van der Waals surface area contributed by atoms with Gasteiger partial charge in [0.05, 0.1) is 4.34 Å². The minimum Gasteiger partial charge on any atom is -0.314 e. The van der Waals surface area contributed by atoms with E-state index in [0.29, 0.717) is 12.1 Å². The first-order valence-electron chi connectivity index (χ1n) is 6.90. The van der Waals surface area contributed by atoms with Crippen molar-refractivity contribution in [3.63, 3.8) is 0 Å². The van der Waals surface area contributed by atoms with Gasteiger partial charge in [-0.05, 0) is 44.9 Å². The molecule has 1 aromatic heterocycles. The summed E-state index contributed by atoms with van der Waals surface area (Å²) in [6, 6.07) is 5.53. The van der Waals surface area contributed by atoms with Crippen LogP contribution < -0.4 is 5.32 Å². The molecular formula is C14H23ClN2S. The number of halogens is 1. The molecule has 4 heteroatoms. The van der Waals surface area contributed by atoms with E-state index in [-0.39, 0.29) is 0 Å². The molecule has 0 aromatic carbocycles. The summed E-state index contributed by atoms with van der Waals surface area (Å²) in [5, 5.41) is 3.65. The zero-order chi connectivity index (χ0) is 13.0. The lowest BCUT2D eigenvalue weighted by Gasteiger charge is -2.37. The molecule has 18 heavy (non-hydrogen) atoms. The van der Waals surface area contributed by atoms with Crippen molar-refractivity contribution in [3.05, 3.63) is 21.3 Å². The average Bonchev–Trinajstić information content (AvgIpc) is 2.75. The third kappa shape index (κ3) is 3.95. The van der Waals surface area contributed by atoms with Gasteiger partial charge in [0.1, 0.15) is 0 Å². The van der Waals surface area contributed by atoms with Gasteiger partial charge in [0.15, 0.2) is 0 Å². The van der Waals surface area contributed by atoms with Gasteiger partial charge in [-0.25, -0.2) is 0 Å². The van der Waals surface area contributed by atoms with Gasteiger partial charge in [-0.2, -0.15) is 0 Å². The van der Waals surface area contributed by atoms with E-state index in [0.717, 1.165) is 17.4 Å². The Morgan fingerprint density at radius 2 is 2.33 bits per heavy atom. The van der Waals surface area contributed by atoms with Crippen LogP contribution in [0.4, 0.5) is 0 Å². The van der Waals surface area contributed by atoms with Crippen LogP contribution in [0.3, 0.4) is 0 Å². The number of likely N-dealkylation sites (tertiary alicyclic amines) is 1. The molecule has 2 atom stereocenters. The third-order valence-corrected chi connectivity index (χ3v) is 4.90. The summed E-state index contributed by atoms with van der Waals surface area (Å²) >= 11 is 7.69. The predicted octanol–water partition coefficient (Wildman–Crippen LogP) is 3.75. The summed E-state index contributed by atoms with van der Waals surface area (Å²) in [7, 11) is 0. The molecule has 1 fully saturated rings. The van der Waals surface area contributed by atoms with Gasteiger partial charge in [-0.3, -0.25) is 4.90 Å². The van der Waals surface area contributed by atoms with Crippen LogP contribution in [0.5, 0.6) is 0 Å². The Labute approximate surface area is 119 Å². The molecule has 1 aromatic rings. The first kappa shape index (κ1) is 14.3.